The summed E-state index contributed by atoms with van der Waals surface area (Å²) in [7, 11) is 0. The first kappa shape index (κ1) is 35.9. The SMILES string of the molecule is C=CC(=O)OCC(I)CC(F)(C(F)(F)F)C(F)(F)F.C=CCCCCC(F)(C(F)(F)F)C(F)(F)F. The van der Waals surface area contributed by atoms with Gasteiger partial charge in [0.15, 0.2) is 0 Å². The molecule has 0 saturated carbocycles. The summed E-state index contributed by atoms with van der Waals surface area (Å²) in [4.78, 5) is 10.6. The molecule has 0 fully saturated rings. The predicted octanol–water partition coefficient (Wildman–Crippen LogP) is 8.31. The highest BCUT2D eigenvalue weighted by Crippen LogP contribution is 2.50. The van der Waals surface area contributed by atoms with Crippen molar-refractivity contribution in [1.82, 2.24) is 0 Å². The van der Waals surface area contributed by atoms with Crippen molar-refractivity contribution in [1.29, 1.82) is 0 Å². The van der Waals surface area contributed by atoms with Crippen molar-refractivity contribution in [3.63, 3.8) is 0 Å². The van der Waals surface area contributed by atoms with E-state index in [9.17, 15) is 66.3 Å². The molecular weight excluding hydrogens is 641 g/mol. The highest BCUT2D eigenvalue weighted by Gasteiger charge is 2.73. The lowest BCUT2D eigenvalue weighted by molar-refractivity contribution is -0.344. The van der Waals surface area contributed by atoms with Crippen LogP contribution in [0.2, 0.25) is 0 Å². The molecule has 1 atom stereocenters. The topological polar surface area (TPSA) is 26.3 Å². The van der Waals surface area contributed by atoms with E-state index in [4.69, 9.17) is 0 Å². The summed E-state index contributed by atoms with van der Waals surface area (Å²) in [6.07, 6.45) is -25.7. The van der Waals surface area contributed by atoms with E-state index in [2.05, 4.69) is 17.9 Å². The summed E-state index contributed by atoms with van der Waals surface area (Å²) >= 11 is 1.14. The minimum Gasteiger partial charge on any atom is -0.461 e. The number of alkyl halides is 15. The Morgan fingerprint density at radius 3 is 1.46 bits per heavy atom. The van der Waals surface area contributed by atoms with Crippen LogP contribution in [0, 0.1) is 0 Å². The molecule has 0 aliphatic rings. The fourth-order valence-corrected chi connectivity index (χ4v) is 2.88. The van der Waals surface area contributed by atoms with Crippen LogP contribution >= 0.6 is 22.6 Å². The fourth-order valence-electron chi connectivity index (χ4n) is 2.09. The van der Waals surface area contributed by atoms with Crippen molar-refractivity contribution in [3.8, 4) is 0 Å². The summed E-state index contributed by atoms with van der Waals surface area (Å²) in [6, 6.07) is 0. The van der Waals surface area contributed by atoms with Crippen molar-refractivity contribution < 1.29 is 71.0 Å². The lowest BCUT2D eigenvalue weighted by Gasteiger charge is -2.31. The molecule has 0 heterocycles. The van der Waals surface area contributed by atoms with E-state index in [1.807, 2.05) is 0 Å². The molecule has 0 aromatic carbocycles. The Bertz CT molecular complexity index is 651. The molecule has 0 spiro atoms. The molecule has 0 radical (unpaired) electrons. The number of hydrogen-bond donors (Lipinski definition) is 0. The number of hydrogen-bond acceptors (Lipinski definition) is 2. The Morgan fingerprint density at radius 2 is 1.14 bits per heavy atom. The normalized spacial score (nSPS) is 14.5. The van der Waals surface area contributed by atoms with Crippen molar-refractivity contribution >= 4 is 28.6 Å². The minimum atomic E-state index is -6.10. The monoisotopic (exact) mass is 660 g/mol. The van der Waals surface area contributed by atoms with Crippen molar-refractivity contribution in [3.05, 3.63) is 25.3 Å². The molecule has 35 heavy (non-hydrogen) atoms. The van der Waals surface area contributed by atoms with Gasteiger partial charge in [0, 0.05) is 16.4 Å². The van der Waals surface area contributed by atoms with Crippen LogP contribution in [0.25, 0.3) is 0 Å². The quantitative estimate of drug-likeness (QED) is 0.0449. The van der Waals surface area contributed by atoms with Gasteiger partial charge in [0.2, 0.25) is 0 Å². The molecule has 0 aliphatic heterocycles. The fraction of sp³-hybridized carbons (Fsp3) is 0.722. The van der Waals surface area contributed by atoms with Crippen molar-refractivity contribution in [2.75, 3.05) is 6.61 Å². The number of halogens is 15. The van der Waals surface area contributed by atoms with Crippen LogP contribution in [0.1, 0.15) is 32.1 Å². The van der Waals surface area contributed by atoms with E-state index in [0.29, 0.717) is 6.08 Å². The van der Waals surface area contributed by atoms with E-state index in [0.717, 1.165) is 22.6 Å². The Morgan fingerprint density at radius 1 is 0.743 bits per heavy atom. The van der Waals surface area contributed by atoms with E-state index in [1.54, 1.807) is 0 Å². The molecular formula is C18H19F14IO2. The maximum absolute atomic E-state index is 13.2. The van der Waals surface area contributed by atoms with Gasteiger partial charge in [-0.3, -0.25) is 0 Å². The average molecular weight is 660 g/mol. The molecule has 2 nitrogen and oxygen atoms in total. The van der Waals surface area contributed by atoms with Gasteiger partial charge in [0.1, 0.15) is 6.61 Å². The van der Waals surface area contributed by atoms with E-state index in [1.165, 1.54) is 6.08 Å². The molecule has 0 bridgehead atoms. The number of esters is 1. The average Bonchev–Trinajstić information content (AvgIpc) is 2.66. The van der Waals surface area contributed by atoms with E-state index in [-0.39, 0.29) is 12.8 Å². The Balaban J connectivity index is 0. The first-order valence-electron chi connectivity index (χ1n) is 9.10. The van der Waals surface area contributed by atoms with Gasteiger partial charge in [-0.15, -0.1) is 6.58 Å². The molecule has 1 unspecified atom stereocenters. The lowest BCUT2D eigenvalue weighted by atomic mass is 9.96. The zero-order chi connectivity index (χ0) is 28.5. The van der Waals surface area contributed by atoms with Gasteiger partial charge < -0.3 is 4.74 Å². The Labute approximate surface area is 203 Å². The third-order valence-corrected chi connectivity index (χ3v) is 4.85. The third-order valence-electron chi connectivity index (χ3n) is 4.05. The van der Waals surface area contributed by atoms with Crippen LogP contribution in [-0.2, 0) is 9.53 Å². The molecule has 208 valence electrons. The first-order valence-corrected chi connectivity index (χ1v) is 10.3. The standard InChI is InChI=1S/C9H8F7IO2.C9H11F7/c1-2-6(18)19-4-5(17)3-7(10,8(11,12)13)9(14,15)16;1-2-3-4-5-6-7(10,8(11,12)13)9(14,15)16/h2,5H,1,3-4H2;2H,1,3-6H2. The Kier molecular flexibility index (Phi) is 13.6. The summed E-state index contributed by atoms with van der Waals surface area (Å²) in [5.41, 5.74) is -10.5. The van der Waals surface area contributed by atoms with Gasteiger partial charge in [-0.2, -0.15) is 52.7 Å². The minimum absolute atomic E-state index is 0.0430. The second-order valence-corrected chi connectivity index (χ2v) is 8.52. The molecule has 0 aliphatic carbocycles. The largest absolute Gasteiger partial charge is 0.461 e. The highest BCUT2D eigenvalue weighted by atomic mass is 127. The van der Waals surface area contributed by atoms with E-state index >= 15 is 0 Å². The second kappa shape index (κ2) is 13.3. The van der Waals surface area contributed by atoms with Crippen LogP contribution in [0.3, 0.4) is 0 Å². The number of unbranched alkanes of at least 4 members (excludes halogenated alkanes) is 2. The molecule has 0 aromatic rings. The summed E-state index contributed by atoms with van der Waals surface area (Å²) in [5, 5.41) is 0. The summed E-state index contributed by atoms with van der Waals surface area (Å²) in [6.45, 7) is 5.45. The molecule has 0 rings (SSSR count). The van der Waals surface area contributed by atoms with Gasteiger partial charge >= 0.3 is 30.7 Å². The number of ether oxygens (including phenoxy) is 1. The zero-order valence-electron chi connectivity index (χ0n) is 17.4. The summed E-state index contributed by atoms with van der Waals surface area (Å²) < 4.78 is 174. The van der Waals surface area contributed by atoms with Crippen LogP contribution in [0.5, 0.6) is 0 Å². The van der Waals surface area contributed by atoms with Gasteiger partial charge in [-0.25, -0.2) is 13.6 Å². The van der Waals surface area contributed by atoms with Crippen molar-refractivity contribution in [2.45, 2.75) is 72.1 Å². The van der Waals surface area contributed by atoms with Crippen LogP contribution in [0.4, 0.5) is 61.5 Å². The van der Waals surface area contributed by atoms with Gasteiger partial charge in [-0.1, -0.05) is 35.2 Å². The second-order valence-electron chi connectivity index (χ2n) is 6.76. The molecule has 0 N–H and O–H groups in total. The molecule has 0 aromatic heterocycles. The summed E-state index contributed by atoms with van der Waals surface area (Å²) in [5.74, 6) is -1.02. The zero-order valence-corrected chi connectivity index (χ0v) is 19.5. The number of allylic oxidation sites excluding steroid dienone is 1. The van der Waals surface area contributed by atoms with Crippen LogP contribution in [0.15, 0.2) is 25.3 Å². The Hall–Kier alpha value is -1.30. The first-order chi connectivity index (χ1) is 15.4. The highest BCUT2D eigenvalue weighted by molar-refractivity contribution is 14.1. The lowest BCUT2D eigenvalue weighted by Crippen LogP contribution is -2.54. The van der Waals surface area contributed by atoms with E-state index < -0.39 is 71.8 Å². The molecule has 17 heteroatoms. The number of carbonyl (C=O) groups is 1. The number of carbonyl (C=O) groups excluding carboxylic acids is 1. The van der Waals surface area contributed by atoms with Crippen LogP contribution < -0.4 is 0 Å². The molecule has 0 saturated heterocycles. The van der Waals surface area contributed by atoms with Gasteiger partial charge in [0.25, 0.3) is 11.3 Å². The van der Waals surface area contributed by atoms with Crippen molar-refractivity contribution in [2.24, 2.45) is 0 Å². The maximum atomic E-state index is 13.2. The molecule has 0 amide bonds. The van der Waals surface area contributed by atoms with Gasteiger partial charge in [-0.05, 0) is 25.7 Å². The third kappa shape index (κ3) is 10.7. The maximum Gasteiger partial charge on any atom is 0.431 e. The predicted molar refractivity (Wildman–Crippen MR) is 104 cm³/mol. The number of rotatable bonds is 10. The van der Waals surface area contributed by atoms with Crippen LogP contribution in [-0.4, -0.2) is 52.5 Å². The smallest absolute Gasteiger partial charge is 0.431 e. The van der Waals surface area contributed by atoms with Gasteiger partial charge in [0.05, 0.1) is 0 Å².